The Bertz CT molecular complexity index is 1080. The molecule has 2 aliphatic rings. The van der Waals surface area contributed by atoms with Gasteiger partial charge in [0.1, 0.15) is 11.4 Å². The van der Waals surface area contributed by atoms with Crippen molar-refractivity contribution in [2.45, 2.75) is 68.8 Å². The van der Waals surface area contributed by atoms with E-state index in [1.807, 2.05) is 0 Å². The number of aliphatic hydroxyl groups is 1. The molecule has 0 spiro atoms. The molecule has 1 amide bonds. The molecule has 11 heteroatoms. The van der Waals surface area contributed by atoms with Gasteiger partial charge in [0.05, 0.1) is 23.8 Å². The number of alkyl halides is 6. The van der Waals surface area contributed by atoms with E-state index >= 15 is 0 Å². The predicted molar refractivity (Wildman–Crippen MR) is 114 cm³/mol. The van der Waals surface area contributed by atoms with Crippen LogP contribution < -0.4 is 5.32 Å². The van der Waals surface area contributed by atoms with Crippen LogP contribution in [0.25, 0.3) is 0 Å². The summed E-state index contributed by atoms with van der Waals surface area (Å²) in [5.41, 5.74) is -4.04. The summed E-state index contributed by atoms with van der Waals surface area (Å²) in [5, 5.41) is 13.1. The zero-order valence-electron chi connectivity index (χ0n) is 19.1. The lowest BCUT2D eigenvalue weighted by atomic mass is 9.81. The highest BCUT2D eigenvalue weighted by molar-refractivity contribution is 5.87. The van der Waals surface area contributed by atoms with Crippen molar-refractivity contribution in [3.05, 3.63) is 70.5 Å². The molecule has 4 rings (SSSR count). The molecule has 36 heavy (non-hydrogen) atoms. The number of carbonyl (C=O) groups is 1. The summed E-state index contributed by atoms with van der Waals surface area (Å²) >= 11 is 0. The fourth-order valence-corrected chi connectivity index (χ4v) is 5.24. The lowest BCUT2D eigenvalue weighted by Crippen LogP contribution is -2.37. The Kier molecular flexibility index (Phi) is 6.85. The molecule has 0 unspecified atom stereocenters. The van der Waals surface area contributed by atoms with Crippen LogP contribution in [0, 0.1) is 11.7 Å². The highest BCUT2D eigenvalue weighted by Crippen LogP contribution is 2.46. The zero-order valence-corrected chi connectivity index (χ0v) is 19.1. The number of ether oxygens (including phenoxy) is 1. The van der Waals surface area contributed by atoms with Gasteiger partial charge < -0.3 is 15.2 Å². The van der Waals surface area contributed by atoms with Gasteiger partial charge in [-0.15, -0.1) is 0 Å². The van der Waals surface area contributed by atoms with Gasteiger partial charge in [0, 0.05) is 18.4 Å². The van der Waals surface area contributed by atoms with Gasteiger partial charge in [-0.2, -0.15) is 26.3 Å². The van der Waals surface area contributed by atoms with Crippen LogP contribution >= 0.6 is 0 Å². The van der Waals surface area contributed by atoms with Gasteiger partial charge in [-0.3, -0.25) is 4.79 Å². The van der Waals surface area contributed by atoms with Crippen LogP contribution in [0.3, 0.4) is 0 Å². The van der Waals surface area contributed by atoms with Crippen molar-refractivity contribution >= 4 is 5.91 Å². The Labute approximate surface area is 202 Å². The fourth-order valence-electron chi connectivity index (χ4n) is 5.24. The van der Waals surface area contributed by atoms with Gasteiger partial charge in [0.15, 0.2) is 0 Å². The third kappa shape index (κ3) is 5.51. The summed E-state index contributed by atoms with van der Waals surface area (Å²) < 4.78 is 98.7. The minimum Gasteiger partial charge on any atom is -0.380 e. The normalized spacial score (nSPS) is 29.0. The molecule has 1 saturated heterocycles. The zero-order chi connectivity index (χ0) is 26.5. The molecular weight excluding hydrogens is 495 g/mol. The van der Waals surface area contributed by atoms with Crippen molar-refractivity contribution < 1.29 is 45.4 Å². The van der Waals surface area contributed by atoms with Crippen molar-refractivity contribution in [3.8, 4) is 0 Å². The summed E-state index contributed by atoms with van der Waals surface area (Å²) in [6, 6.07) is 6.45. The van der Waals surface area contributed by atoms with E-state index in [2.05, 4.69) is 5.32 Å². The van der Waals surface area contributed by atoms with Crippen molar-refractivity contribution in [3.63, 3.8) is 0 Å². The lowest BCUT2D eigenvalue weighted by molar-refractivity contribution is -0.143. The minimum absolute atomic E-state index is 0.0606. The Morgan fingerprint density at radius 1 is 1.00 bits per heavy atom. The molecule has 0 aromatic heterocycles. The molecule has 2 aromatic rings. The average molecular weight is 519 g/mol. The third-order valence-electron chi connectivity index (χ3n) is 6.95. The molecule has 1 aliphatic carbocycles. The fraction of sp³-hybridized carbons (Fsp3) is 0.480. The maximum absolute atomic E-state index is 13.6. The second-order valence-electron chi connectivity index (χ2n) is 9.64. The minimum atomic E-state index is -4.97. The second kappa shape index (κ2) is 9.33. The average Bonchev–Trinajstić information content (AvgIpc) is 3.31. The van der Waals surface area contributed by atoms with Gasteiger partial charge in [-0.05, 0) is 67.1 Å². The van der Waals surface area contributed by atoms with Gasteiger partial charge in [-0.1, -0.05) is 12.1 Å². The molecular formula is C25H24F7NO3. The number of halogens is 7. The topological polar surface area (TPSA) is 58.6 Å². The smallest absolute Gasteiger partial charge is 0.380 e. The van der Waals surface area contributed by atoms with Crippen LogP contribution in [0.4, 0.5) is 30.7 Å². The first-order chi connectivity index (χ1) is 16.6. The van der Waals surface area contributed by atoms with E-state index in [0.717, 1.165) is 0 Å². The summed E-state index contributed by atoms with van der Waals surface area (Å²) in [7, 11) is 0. The maximum Gasteiger partial charge on any atom is 0.416 e. The number of benzene rings is 2. The molecule has 1 heterocycles. The largest absolute Gasteiger partial charge is 0.416 e. The van der Waals surface area contributed by atoms with Gasteiger partial charge in [0.2, 0.25) is 0 Å². The molecule has 0 bridgehead atoms. The monoisotopic (exact) mass is 519 g/mol. The first-order valence-electron chi connectivity index (χ1n) is 11.3. The van der Waals surface area contributed by atoms with Crippen LogP contribution in [0.1, 0.15) is 54.4 Å². The predicted octanol–water partition coefficient (Wildman–Crippen LogP) is 5.58. The number of hydrogen-bond donors (Lipinski definition) is 2. The highest BCUT2D eigenvalue weighted by atomic mass is 19.4. The maximum atomic E-state index is 13.6. The summed E-state index contributed by atoms with van der Waals surface area (Å²) in [6.45, 7) is 0.890. The summed E-state index contributed by atoms with van der Waals surface area (Å²) in [6.07, 6.45) is -9.50. The van der Waals surface area contributed by atoms with Crippen LogP contribution in [0.15, 0.2) is 42.5 Å². The van der Waals surface area contributed by atoms with Crippen molar-refractivity contribution in [2.75, 3.05) is 0 Å². The van der Waals surface area contributed by atoms with E-state index in [1.165, 1.54) is 31.2 Å². The Morgan fingerprint density at radius 2 is 1.58 bits per heavy atom. The van der Waals surface area contributed by atoms with Crippen LogP contribution in [-0.2, 0) is 28.5 Å². The SMILES string of the molecule is C[C@@]1(O)C[C@H]([C@@H]2CC[C@H](OCc3cc(C(F)(F)F)cc(C(F)(F)F)c3)[C@H]2c2ccc(F)cc2)NC1=O. The Balaban J connectivity index is 1.60. The van der Waals surface area contributed by atoms with Crippen LogP contribution in [0.2, 0.25) is 0 Å². The number of nitrogens with one attached hydrogen (secondary N) is 1. The summed E-state index contributed by atoms with van der Waals surface area (Å²) in [5.74, 6) is -1.69. The van der Waals surface area contributed by atoms with E-state index < -0.39 is 65.5 Å². The first-order valence-corrected chi connectivity index (χ1v) is 11.3. The Hall–Kier alpha value is -2.66. The summed E-state index contributed by atoms with van der Waals surface area (Å²) in [4.78, 5) is 12.1. The molecule has 0 radical (unpaired) electrons. The molecule has 1 saturated carbocycles. The molecule has 196 valence electrons. The van der Waals surface area contributed by atoms with E-state index in [9.17, 15) is 40.6 Å². The molecule has 2 N–H and O–H groups in total. The van der Waals surface area contributed by atoms with E-state index in [0.29, 0.717) is 30.5 Å². The van der Waals surface area contributed by atoms with Crippen LogP contribution in [-0.4, -0.2) is 28.8 Å². The van der Waals surface area contributed by atoms with Crippen molar-refractivity contribution in [1.29, 1.82) is 0 Å². The van der Waals surface area contributed by atoms with Gasteiger partial charge in [0.25, 0.3) is 5.91 Å². The molecule has 2 aromatic carbocycles. The standard InChI is InChI=1S/C25H24F7NO3/c1-23(35)11-19(33-22(23)34)18-6-7-20(21(18)14-2-4-17(26)5-3-14)36-12-13-8-15(24(27,28)29)10-16(9-13)25(30,31)32/h2-5,8-10,18-21,35H,6-7,11-12H2,1H3,(H,33,34)/t18-,19+,20-,21-,23+/m0/s1. The molecule has 1 aliphatic heterocycles. The lowest BCUT2D eigenvalue weighted by Gasteiger charge is -2.29. The van der Waals surface area contributed by atoms with Gasteiger partial charge >= 0.3 is 12.4 Å². The number of carbonyl (C=O) groups excluding carboxylic acids is 1. The van der Waals surface area contributed by atoms with E-state index in [1.54, 1.807) is 0 Å². The van der Waals surface area contributed by atoms with Crippen LogP contribution in [0.5, 0.6) is 0 Å². The number of amides is 1. The van der Waals surface area contributed by atoms with E-state index in [4.69, 9.17) is 4.74 Å². The van der Waals surface area contributed by atoms with Crippen molar-refractivity contribution in [1.82, 2.24) is 5.32 Å². The molecule has 4 nitrogen and oxygen atoms in total. The van der Waals surface area contributed by atoms with Crippen molar-refractivity contribution in [2.24, 2.45) is 5.92 Å². The quantitative estimate of drug-likeness (QED) is 0.507. The highest BCUT2D eigenvalue weighted by Gasteiger charge is 2.50. The molecule has 2 fully saturated rings. The third-order valence-corrected chi connectivity index (χ3v) is 6.95. The second-order valence-corrected chi connectivity index (χ2v) is 9.64. The van der Waals surface area contributed by atoms with E-state index in [-0.39, 0.29) is 24.0 Å². The number of hydrogen-bond acceptors (Lipinski definition) is 3. The number of rotatable bonds is 5. The Morgan fingerprint density at radius 3 is 2.08 bits per heavy atom. The first kappa shape index (κ1) is 26.4. The van der Waals surface area contributed by atoms with Gasteiger partial charge in [-0.25, -0.2) is 4.39 Å². The molecule has 5 atom stereocenters.